The molecule has 98 valence electrons. The van der Waals surface area contributed by atoms with Crippen LogP contribution in [-0.2, 0) is 14.6 Å². The predicted molar refractivity (Wildman–Crippen MR) is 73.6 cm³/mol. The minimum Gasteiger partial charge on any atom is -0.325 e. The van der Waals surface area contributed by atoms with E-state index < -0.39 is 21.5 Å². The van der Waals surface area contributed by atoms with Gasteiger partial charge in [-0.3, -0.25) is 4.79 Å². The molecule has 0 bridgehead atoms. The molecule has 0 aliphatic heterocycles. The van der Waals surface area contributed by atoms with Gasteiger partial charge < -0.3 is 5.32 Å². The summed E-state index contributed by atoms with van der Waals surface area (Å²) in [6, 6.07) is 16.7. The van der Waals surface area contributed by atoms with Gasteiger partial charge in [0.1, 0.15) is 5.75 Å². The number of amides is 1. The van der Waals surface area contributed by atoms with Crippen LogP contribution in [0.3, 0.4) is 0 Å². The van der Waals surface area contributed by atoms with Crippen LogP contribution < -0.4 is 5.32 Å². The highest BCUT2D eigenvalue weighted by Gasteiger charge is 2.18. The van der Waals surface area contributed by atoms with E-state index in [2.05, 4.69) is 5.32 Å². The van der Waals surface area contributed by atoms with Crippen LogP contribution in [0.25, 0.3) is 0 Å². The van der Waals surface area contributed by atoms with Crippen molar-refractivity contribution < 1.29 is 13.2 Å². The summed E-state index contributed by atoms with van der Waals surface area (Å²) in [4.78, 5) is 11.9. The van der Waals surface area contributed by atoms with Crippen molar-refractivity contribution in [3.05, 3.63) is 60.7 Å². The Morgan fingerprint density at radius 3 is 2.00 bits per heavy atom. The summed E-state index contributed by atoms with van der Waals surface area (Å²) in [5.74, 6) is -1.11. The second kappa shape index (κ2) is 5.67. The van der Waals surface area contributed by atoms with E-state index in [1.165, 1.54) is 12.1 Å². The summed E-state index contributed by atoms with van der Waals surface area (Å²) in [5, 5.41) is 2.55. The maximum Gasteiger partial charge on any atom is 0.239 e. The second-order valence-corrected chi connectivity index (χ2v) is 5.98. The lowest BCUT2D eigenvalue weighted by Gasteiger charge is -2.06. The Labute approximate surface area is 112 Å². The minimum absolute atomic E-state index is 0.151. The third-order valence-corrected chi connectivity index (χ3v) is 4.11. The van der Waals surface area contributed by atoms with Crippen molar-refractivity contribution in [2.24, 2.45) is 0 Å². The number of nitrogens with one attached hydrogen (secondary N) is 1. The number of benzene rings is 2. The molecule has 0 aliphatic rings. The molecular weight excluding hydrogens is 262 g/mol. The summed E-state index contributed by atoms with van der Waals surface area (Å²) >= 11 is 0. The highest BCUT2D eigenvalue weighted by molar-refractivity contribution is 7.92. The summed E-state index contributed by atoms with van der Waals surface area (Å²) in [7, 11) is -3.59. The Balaban J connectivity index is 2.07. The van der Waals surface area contributed by atoms with Crippen molar-refractivity contribution in [2.45, 2.75) is 4.90 Å². The smallest absolute Gasteiger partial charge is 0.239 e. The molecule has 2 aromatic carbocycles. The normalized spacial score (nSPS) is 10.9. The van der Waals surface area contributed by atoms with Crippen molar-refractivity contribution >= 4 is 21.4 Å². The van der Waals surface area contributed by atoms with Crippen LogP contribution in [-0.4, -0.2) is 20.1 Å². The van der Waals surface area contributed by atoms with Crippen molar-refractivity contribution in [3.63, 3.8) is 0 Å². The van der Waals surface area contributed by atoms with Gasteiger partial charge >= 0.3 is 0 Å². The summed E-state index contributed by atoms with van der Waals surface area (Å²) < 4.78 is 23.9. The van der Waals surface area contributed by atoms with E-state index in [4.69, 9.17) is 0 Å². The van der Waals surface area contributed by atoms with E-state index in [1.807, 2.05) is 6.07 Å². The van der Waals surface area contributed by atoms with Crippen LogP contribution >= 0.6 is 0 Å². The molecule has 4 nitrogen and oxygen atoms in total. The topological polar surface area (TPSA) is 63.2 Å². The Morgan fingerprint density at radius 2 is 1.42 bits per heavy atom. The highest BCUT2D eigenvalue weighted by Crippen LogP contribution is 2.11. The predicted octanol–water partition coefficient (Wildman–Crippen LogP) is 2.10. The molecule has 0 aromatic heterocycles. The van der Waals surface area contributed by atoms with Crippen molar-refractivity contribution in [3.8, 4) is 0 Å². The Kier molecular flexibility index (Phi) is 3.97. The largest absolute Gasteiger partial charge is 0.325 e. The number of sulfone groups is 1. The number of rotatable bonds is 4. The van der Waals surface area contributed by atoms with Crippen molar-refractivity contribution in [2.75, 3.05) is 11.1 Å². The van der Waals surface area contributed by atoms with E-state index in [0.29, 0.717) is 5.69 Å². The quantitative estimate of drug-likeness (QED) is 0.929. The number of hydrogen-bond acceptors (Lipinski definition) is 3. The molecule has 0 saturated heterocycles. The lowest BCUT2D eigenvalue weighted by Crippen LogP contribution is -2.22. The zero-order valence-corrected chi connectivity index (χ0v) is 10.9. The van der Waals surface area contributed by atoms with E-state index in [1.54, 1.807) is 42.5 Å². The van der Waals surface area contributed by atoms with Gasteiger partial charge in [-0.15, -0.1) is 0 Å². The number of anilines is 1. The Bertz CT molecular complexity index is 652. The van der Waals surface area contributed by atoms with Crippen molar-refractivity contribution in [1.29, 1.82) is 0 Å². The van der Waals surface area contributed by atoms with Gasteiger partial charge in [-0.25, -0.2) is 8.42 Å². The molecule has 0 saturated carbocycles. The first-order valence-electron chi connectivity index (χ1n) is 5.71. The summed E-state index contributed by atoms with van der Waals surface area (Å²) in [6.07, 6.45) is 0. The Hall–Kier alpha value is -2.14. The third kappa shape index (κ3) is 3.66. The van der Waals surface area contributed by atoms with Crippen LogP contribution in [0.2, 0.25) is 0 Å². The van der Waals surface area contributed by atoms with Gasteiger partial charge in [0.15, 0.2) is 9.84 Å². The average molecular weight is 275 g/mol. The van der Waals surface area contributed by atoms with E-state index in [-0.39, 0.29) is 4.90 Å². The number of hydrogen-bond donors (Lipinski definition) is 1. The number of para-hydroxylation sites is 1. The van der Waals surface area contributed by atoms with E-state index in [0.717, 1.165) is 0 Å². The SMILES string of the molecule is O=C(CS(=O)(=O)c1ccccc1)Nc1ccccc1. The molecule has 0 atom stereocenters. The van der Waals surface area contributed by atoms with Gasteiger partial charge in [-0.05, 0) is 24.3 Å². The fraction of sp³-hybridized carbons (Fsp3) is 0.0714. The zero-order chi connectivity index (χ0) is 13.7. The molecule has 5 heteroatoms. The molecule has 0 radical (unpaired) electrons. The molecule has 2 rings (SSSR count). The van der Waals surface area contributed by atoms with E-state index in [9.17, 15) is 13.2 Å². The molecule has 19 heavy (non-hydrogen) atoms. The lowest BCUT2D eigenvalue weighted by molar-refractivity contribution is -0.113. The first-order valence-corrected chi connectivity index (χ1v) is 7.36. The van der Waals surface area contributed by atoms with Crippen LogP contribution in [0.1, 0.15) is 0 Å². The first-order chi connectivity index (χ1) is 9.08. The highest BCUT2D eigenvalue weighted by atomic mass is 32.2. The summed E-state index contributed by atoms with van der Waals surface area (Å²) in [6.45, 7) is 0. The Morgan fingerprint density at radius 1 is 0.895 bits per heavy atom. The fourth-order valence-corrected chi connectivity index (χ4v) is 2.76. The van der Waals surface area contributed by atoms with Gasteiger partial charge in [0.05, 0.1) is 4.90 Å². The third-order valence-electron chi connectivity index (χ3n) is 2.48. The average Bonchev–Trinajstić information content (AvgIpc) is 2.40. The van der Waals surface area contributed by atoms with Gasteiger partial charge in [0.2, 0.25) is 5.91 Å². The van der Waals surface area contributed by atoms with Gasteiger partial charge in [0, 0.05) is 5.69 Å². The fourth-order valence-electron chi connectivity index (χ4n) is 1.60. The van der Waals surface area contributed by atoms with Gasteiger partial charge in [0.25, 0.3) is 0 Å². The summed E-state index contributed by atoms with van der Waals surface area (Å²) in [5.41, 5.74) is 0.579. The zero-order valence-electron chi connectivity index (χ0n) is 10.1. The van der Waals surface area contributed by atoms with Crippen LogP contribution in [0.5, 0.6) is 0 Å². The molecule has 0 spiro atoms. The molecule has 2 aromatic rings. The molecule has 0 unspecified atom stereocenters. The maximum absolute atomic E-state index is 12.0. The van der Waals surface area contributed by atoms with Gasteiger partial charge in [-0.1, -0.05) is 36.4 Å². The van der Waals surface area contributed by atoms with Gasteiger partial charge in [-0.2, -0.15) is 0 Å². The monoisotopic (exact) mass is 275 g/mol. The van der Waals surface area contributed by atoms with Crippen LogP contribution in [0.4, 0.5) is 5.69 Å². The molecule has 1 amide bonds. The molecule has 0 heterocycles. The van der Waals surface area contributed by atoms with Crippen LogP contribution in [0.15, 0.2) is 65.6 Å². The first kappa shape index (κ1) is 13.3. The molecule has 0 fully saturated rings. The van der Waals surface area contributed by atoms with E-state index >= 15 is 0 Å². The minimum atomic E-state index is -3.59. The molecular formula is C14H13NO3S. The van der Waals surface area contributed by atoms with Crippen LogP contribution in [0, 0.1) is 0 Å². The molecule has 0 aliphatic carbocycles. The maximum atomic E-state index is 12.0. The standard InChI is InChI=1S/C14H13NO3S/c16-14(15-12-7-3-1-4-8-12)11-19(17,18)13-9-5-2-6-10-13/h1-10H,11H2,(H,15,16). The second-order valence-electron chi connectivity index (χ2n) is 3.99. The number of carbonyl (C=O) groups is 1. The molecule has 1 N–H and O–H groups in total. The van der Waals surface area contributed by atoms with Crippen molar-refractivity contribution in [1.82, 2.24) is 0 Å². The number of carbonyl (C=O) groups excluding carboxylic acids is 1. The lowest BCUT2D eigenvalue weighted by atomic mass is 10.3.